The third-order valence-electron chi connectivity index (χ3n) is 9.96. The number of amides is 4. The predicted octanol–water partition coefficient (Wildman–Crippen LogP) is 4.72. The van der Waals surface area contributed by atoms with Crippen molar-refractivity contribution in [2.45, 2.75) is 96.2 Å². The van der Waals surface area contributed by atoms with Crippen molar-refractivity contribution in [3.63, 3.8) is 0 Å². The summed E-state index contributed by atoms with van der Waals surface area (Å²) in [5, 5.41) is 12.8. The van der Waals surface area contributed by atoms with Crippen LogP contribution >= 0.6 is 0 Å². The van der Waals surface area contributed by atoms with Crippen molar-refractivity contribution < 1.29 is 23.6 Å². The zero-order valence-electron chi connectivity index (χ0n) is 28.1. The average molecular weight is 652 g/mol. The molecule has 11 nitrogen and oxygen atoms in total. The molecule has 3 aliphatic rings. The third kappa shape index (κ3) is 8.77. The molecule has 2 aliphatic carbocycles. The van der Waals surface area contributed by atoms with Crippen LogP contribution in [0.2, 0.25) is 0 Å². The number of carbonyl (C=O) groups is 4. The Bertz CT molecular complexity index is 1430. The van der Waals surface area contributed by atoms with E-state index in [0.29, 0.717) is 24.3 Å². The first-order valence-corrected chi connectivity index (χ1v) is 17.2. The van der Waals surface area contributed by atoms with E-state index in [9.17, 15) is 19.2 Å². The van der Waals surface area contributed by atoms with E-state index in [2.05, 4.69) is 25.9 Å². The molecule has 12 heteroatoms. The number of nitrogens with zero attached hydrogens (tertiary/aromatic N) is 4. The van der Waals surface area contributed by atoms with Crippen LogP contribution in [0, 0.1) is 17.7 Å². The van der Waals surface area contributed by atoms with Gasteiger partial charge in [0.15, 0.2) is 5.78 Å². The second-order valence-electron chi connectivity index (χ2n) is 13.9. The van der Waals surface area contributed by atoms with Crippen molar-refractivity contribution >= 4 is 29.3 Å². The summed E-state index contributed by atoms with van der Waals surface area (Å²) in [4.78, 5) is 57.5. The molecule has 2 heterocycles. The van der Waals surface area contributed by atoms with Gasteiger partial charge in [-0.15, -0.1) is 0 Å². The lowest BCUT2D eigenvalue weighted by atomic mass is 9.77. The third-order valence-corrected chi connectivity index (χ3v) is 9.96. The minimum absolute atomic E-state index is 0.000128. The standard InChI is InChI=1S/C35H50FN7O4/c1-22(2)43-30(14-15-37-43)31(44)21-27(24-8-6-5-7-9-24)33(45)39-29-13-10-25(20-28(29)36)23(3)32(40-35(47)38-26-11-12-26)34(46)42-18-16-41(4)17-19-42/h10,13-15,20,22-24,26-27,32H,5-9,11-12,16-19,21H2,1-4H3,(H,39,45)(H2,38,40,47)/t23-,27-,32+/m0/s1. The molecule has 0 spiro atoms. The van der Waals surface area contributed by atoms with E-state index < -0.39 is 29.7 Å². The molecule has 3 atom stereocenters. The molecule has 1 saturated heterocycles. The SMILES string of the molecule is CC(C)n1nccc1C(=O)C[C@H](C(=O)Nc1ccc([C@H](C)[C@@H](NC(=O)NC2CC2)C(=O)N2CCN(C)CC2)cc1F)C1CCCCC1. The van der Waals surface area contributed by atoms with Crippen LogP contribution in [0.15, 0.2) is 30.5 Å². The highest BCUT2D eigenvalue weighted by atomic mass is 19.1. The van der Waals surface area contributed by atoms with Crippen LogP contribution in [0.3, 0.4) is 0 Å². The maximum absolute atomic E-state index is 15.7. The van der Waals surface area contributed by atoms with Gasteiger partial charge < -0.3 is 25.8 Å². The van der Waals surface area contributed by atoms with E-state index >= 15 is 4.39 Å². The summed E-state index contributed by atoms with van der Waals surface area (Å²) in [5.74, 6) is -2.47. The van der Waals surface area contributed by atoms with E-state index in [-0.39, 0.29) is 47.7 Å². The summed E-state index contributed by atoms with van der Waals surface area (Å²) in [6, 6.07) is 5.03. The highest BCUT2D eigenvalue weighted by Gasteiger charge is 2.36. The topological polar surface area (TPSA) is 129 Å². The molecule has 1 aromatic heterocycles. The summed E-state index contributed by atoms with van der Waals surface area (Å²) < 4.78 is 17.4. The quantitative estimate of drug-likeness (QED) is 0.285. The maximum atomic E-state index is 15.7. The zero-order chi connectivity index (χ0) is 33.7. The Labute approximate surface area is 277 Å². The van der Waals surface area contributed by atoms with Crippen LogP contribution in [0.4, 0.5) is 14.9 Å². The minimum Gasteiger partial charge on any atom is -0.338 e. The van der Waals surface area contributed by atoms with Gasteiger partial charge in [0.05, 0.1) is 5.69 Å². The van der Waals surface area contributed by atoms with Gasteiger partial charge in [0.25, 0.3) is 0 Å². The number of likely N-dealkylation sites (N-methyl/N-ethyl adjacent to an activating group) is 1. The highest BCUT2D eigenvalue weighted by Crippen LogP contribution is 2.34. The highest BCUT2D eigenvalue weighted by molar-refractivity contribution is 6.00. The monoisotopic (exact) mass is 651 g/mol. The number of Topliss-reactive ketones (excluding diaryl/α,β-unsaturated/α-hetero) is 1. The fourth-order valence-corrected chi connectivity index (χ4v) is 6.81. The van der Waals surface area contributed by atoms with E-state index in [4.69, 9.17) is 0 Å². The molecule has 0 bridgehead atoms. The van der Waals surface area contributed by atoms with E-state index in [1.807, 2.05) is 20.9 Å². The van der Waals surface area contributed by atoms with Crippen LogP contribution in [-0.2, 0) is 9.59 Å². The van der Waals surface area contributed by atoms with E-state index in [1.165, 1.54) is 12.1 Å². The molecule has 47 heavy (non-hydrogen) atoms. The molecule has 0 unspecified atom stereocenters. The molecule has 2 aromatic rings. The Morgan fingerprint density at radius 1 is 0.957 bits per heavy atom. The Balaban J connectivity index is 1.31. The maximum Gasteiger partial charge on any atom is 0.315 e. The number of benzene rings is 1. The lowest BCUT2D eigenvalue weighted by molar-refractivity contribution is -0.135. The number of urea groups is 1. The van der Waals surface area contributed by atoms with Crippen LogP contribution < -0.4 is 16.0 Å². The van der Waals surface area contributed by atoms with E-state index in [1.54, 1.807) is 34.8 Å². The molecule has 4 amide bonds. The summed E-state index contributed by atoms with van der Waals surface area (Å²) in [5.41, 5.74) is 1.02. The number of nitrogens with one attached hydrogen (secondary N) is 3. The normalized spacial score (nSPS) is 19.6. The average Bonchev–Trinajstić information content (AvgIpc) is 3.72. The molecular weight excluding hydrogens is 601 g/mol. The lowest BCUT2D eigenvalue weighted by Crippen LogP contribution is -2.57. The Hall–Kier alpha value is -3.80. The molecule has 1 aliphatic heterocycles. The van der Waals surface area contributed by atoms with Gasteiger partial charge >= 0.3 is 6.03 Å². The molecule has 3 fully saturated rings. The molecule has 3 N–H and O–H groups in total. The summed E-state index contributed by atoms with van der Waals surface area (Å²) in [6.45, 7) is 8.27. The van der Waals surface area contributed by atoms with Gasteiger partial charge in [0, 0.05) is 62.7 Å². The van der Waals surface area contributed by atoms with Gasteiger partial charge in [-0.1, -0.05) is 32.3 Å². The van der Waals surface area contributed by atoms with Crippen molar-refractivity contribution in [3.8, 4) is 0 Å². The molecule has 5 rings (SSSR count). The number of carbonyl (C=O) groups excluding carboxylic acids is 4. The summed E-state index contributed by atoms with van der Waals surface area (Å²) in [7, 11) is 2.00. The Morgan fingerprint density at radius 2 is 1.66 bits per heavy atom. The minimum atomic E-state index is -0.891. The molecule has 256 valence electrons. The number of ketones is 1. The first kappa shape index (κ1) is 34.5. The number of piperazine rings is 1. The van der Waals surface area contributed by atoms with Crippen molar-refractivity contribution in [2.75, 3.05) is 38.5 Å². The van der Waals surface area contributed by atoms with Crippen molar-refractivity contribution in [1.82, 2.24) is 30.2 Å². The van der Waals surface area contributed by atoms with Crippen LogP contribution in [0.25, 0.3) is 0 Å². The van der Waals surface area contributed by atoms with Crippen LogP contribution in [0.5, 0.6) is 0 Å². The Kier molecular flexibility index (Phi) is 11.3. The lowest BCUT2D eigenvalue weighted by Gasteiger charge is -2.36. The molecule has 1 aromatic carbocycles. The van der Waals surface area contributed by atoms with Gasteiger partial charge in [0.1, 0.15) is 17.6 Å². The van der Waals surface area contributed by atoms with Crippen LogP contribution in [-0.4, -0.2) is 88.5 Å². The smallest absolute Gasteiger partial charge is 0.315 e. The number of halogens is 1. The van der Waals surface area contributed by atoms with Gasteiger partial charge in [0.2, 0.25) is 11.8 Å². The number of aromatic nitrogens is 2. The number of hydrogen-bond acceptors (Lipinski definition) is 6. The second kappa shape index (κ2) is 15.4. The second-order valence-corrected chi connectivity index (χ2v) is 13.9. The van der Waals surface area contributed by atoms with Gasteiger partial charge in [-0.25, -0.2) is 9.18 Å². The summed E-state index contributed by atoms with van der Waals surface area (Å²) >= 11 is 0. The van der Waals surface area contributed by atoms with Crippen molar-refractivity contribution in [1.29, 1.82) is 0 Å². The first-order chi connectivity index (χ1) is 22.5. The summed E-state index contributed by atoms with van der Waals surface area (Å²) in [6.07, 6.45) is 8.23. The molecule has 0 radical (unpaired) electrons. The number of rotatable bonds is 12. The predicted molar refractivity (Wildman–Crippen MR) is 178 cm³/mol. The molecule has 2 saturated carbocycles. The van der Waals surface area contributed by atoms with Crippen LogP contribution in [0.1, 0.15) is 100 Å². The van der Waals surface area contributed by atoms with Crippen molar-refractivity contribution in [2.24, 2.45) is 11.8 Å². The fourth-order valence-electron chi connectivity index (χ4n) is 6.81. The van der Waals surface area contributed by atoms with Gasteiger partial charge in [-0.05, 0) is 76.3 Å². The van der Waals surface area contributed by atoms with E-state index in [0.717, 1.165) is 58.0 Å². The van der Waals surface area contributed by atoms with Gasteiger partial charge in [-0.3, -0.25) is 19.1 Å². The number of anilines is 1. The number of hydrogen-bond donors (Lipinski definition) is 3. The molecular formula is C35H50FN7O4. The Morgan fingerprint density at radius 3 is 2.30 bits per heavy atom. The largest absolute Gasteiger partial charge is 0.338 e. The first-order valence-electron chi connectivity index (χ1n) is 17.2. The fraction of sp³-hybridized carbons (Fsp3) is 0.629. The van der Waals surface area contributed by atoms with Crippen molar-refractivity contribution in [3.05, 3.63) is 47.5 Å². The zero-order valence-corrected chi connectivity index (χ0v) is 28.1. The van der Waals surface area contributed by atoms with Gasteiger partial charge in [-0.2, -0.15) is 5.10 Å².